The minimum atomic E-state index is -0.843. The summed E-state index contributed by atoms with van der Waals surface area (Å²) in [5.74, 6) is -3.00. The third-order valence-electron chi connectivity index (χ3n) is 4.11. The molecule has 124 valence electrons. The second-order valence-electron chi connectivity index (χ2n) is 5.74. The average Bonchev–Trinajstić information content (AvgIpc) is 2.65. The second-order valence-corrected chi connectivity index (χ2v) is 5.74. The highest BCUT2D eigenvalue weighted by molar-refractivity contribution is 6.63. The Hall–Kier alpha value is -3.34. The maximum absolute atomic E-state index is 12.5. The van der Waals surface area contributed by atoms with Crippen LogP contribution in [0.1, 0.15) is 12.0 Å². The van der Waals surface area contributed by atoms with Gasteiger partial charge in [0.15, 0.2) is 11.6 Å². The van der Waals surface area contributed by atoms with Crippen molar-refractivity contribution in [3.63, 3.8) is 0 Å². The van der Waals surface area contributed by atoms with Crippen molar-refractivity contribution in [2.75, 3.05) is 0 Å². The Bertz CT molecular complexity index is 901. The van der Waals surface area contributed by atoms with Crippen molar-refractivity contribution in [2.24, 2.45) is 5.92 Å². The number of rotatable bonds is 3. The van der Waals surface area contributed by atoms with Gasteiger partial charge in [0.25, 0.3) is 0 Å². The fourth-order valence-electron chi connectivity index (χ4n) is 2.77. The lowest BCUT2D eigenvalue weighted by Gasteiger charge is -2.18. The molecule has 0 saturated heterocycles. The van der Waals surface area contributed by atoms with Gasteiger partial charge in [-0.15, -0.1) is 0 Å². The first kappa shape index (κ1) is 16.5. The molecule has 0 radical (unpaired) electrons. The van der Waals surface area contributed by atoms with Crippen LogP contribution in [0.4, 0.5) is 0 Å². The minimum Gasteiger partial charge on any atom is -0.506 e. The van der Waals surface area contributed by atoms with Crippen molar-refractivity contribution in [1.82, 2.24) is 0 Å². The van der Waals surface area contributed by atoms with Crippen LogP contribution < -0.4 is 0 Å². The molecule has 1 aromatic carbocycles. The number of ketones is 3. The number of nitrogens with one attached hydrogen (secondary N) is 1. The standard InChI is InChI=1S/C20H15NO4/c21-17-16(19(24)13-9-5-2-6-10-13)15(22)11-14(20(17)25)18(23)12-7-3-1-4-8-12/h1-7,9-12,21,24H,8H2. The molecular formula is C20H15NO4. The average molecular weight is 333 g/mol. The van der Waals surface area contributed by atoms with Crippen LogP contribution in [0.2, 0.25) is 0 Å². The predicted molar refractivity (Wildman–Crippen MR) is 93.2 cm³/mol. The molecule has 0 heterocycles. The van der Waals surface area contributed by atoms with Gasteiger partial charge in [0, 0.05) is 17.6 Å². The van der Waals surface area contributed by atoms with Crippen molar-refractivity contribution in [1.29, 1.82) is 5.41 Å². The Kier molecular flexibility index (Phi) is 4.39. The molecule has 0 aromatic heterocycles. The zero-order valence-corrected chi connectivity index (χ0v) is 13.2. The van der Waals surface area contributed by atoms with Crippen molar-refractivity contribution < 1.29 is 19.5 Å². The summed E-state index contributed by atoms with van der Waals surface area (Å²) >= 11 is 0. The summed E-state index contributed by atoms with van der Waals surface area (Å²) in [5.41, 5.74) is -1.02. The molecule has 5 heteroatoms. The van der Waals surface area contributed by atoms with Gasteiger partial charge in [-0.3, -0.25) is 19.8 Å². The van der Waals surface area contributed by atoms with Gasteiger partial charge in [-0.05, 0) is 6.42 Å². The molecule has 0 spiro atoms. The Morgan fingerprint density at radius 3 is 2.48 bits per heavy atom. The fraction of sp³-hybridized carbons (Fsp3) is 0.100. The van der Waals surface area contributed by atoms with Gasteiger partial charge in [0.2, 0.25) is 5.78 Å². The lowest BCUT2D eigenvalue weighted by Crippen LogP contribution is -2.33. The number of hydrogen-bond donors (Lipinski definition) is 2. The molecule has 0 bridgehead atoms. The topological polar surface area (TPSA) is 95.3 Å². The third kappa shape index (κ3) is 3.04. The Morgan fingerprint density at radius 1 is 1.12 bits per heavy atom. The van der Waals surface area contributed by atoms with Crippen molar-refractivity contribution >= 4 is 28.8 Å². The van der Waals surface area contributed by atoms with Crippen LogP contribution in [0.15, 0.2) is 71.9 Å². The quantitative estimate of drug-likeness (QED) is 0.505. The van der Waals surface area contributed by atoms with Crippen LogP contribution in [0.3, 0.4) is 0 Å². The minimum absolute atomic E-state index is 0.301. The van der Waals surface area contributed by atoms with E-state index >= 15 is 0 Å². The molecule has 1 unspecified atom stereocenters. The van der Waals surface area contributed by atoms with Crippen LogP contribution in [-0.4, -0.2) is 28.2 Å². The molecule has 0 aliphatic heterocycles. The van der Waals surface area contributed by atoms with Crippen LogP contribution in [-0.2, 0) is 14.4 Å². The molecular weight excluding hydrogens is 318 g/mol. The summed E-state index contributed by atoms with van der Waals surface area (Å²) in [4.78, 5) is 37.3. The van der Waals surface area contributed by atoms with E-state index in [-0.39, 0.29) is 11.1 Å². The fourth-order valence-corrected chi connectivity index (χ4v) is 2.77. The molecule has 2 aliphatic carbocycles. The summed E-state index contributed by atoms with van der Waals surface area (Å²) < 4.78 is 0. The molecule has 25 heavy (non-hydrogen) atoms. The SMILES string of the molecule is N=C1C(=O)C(C(=O)C2C=CC=CC2)=CC(=O)C1=C(O)c1ccccc1. The van der Waals surface area contributed by atoms with E-state index in [1.807, 2.05) is 0 Å². The number of Topliss-reactive ketones (excluding diaryl/α,β-unsaturated/α-hetero) is 2. The van der Waals surface area contributed by atoms with Crippen molar-refractivity contribution in [3.8, 4) is 0 Å². The van der Waals surface area contributed by atoms with E-state index in [2.05, 4.69) is 0 Å². The number of aliphatic hydroxyl groups excluding tert-OH is 1. The molecule has 0 amide bonds. The first-order valence-corrected chi connectivity index (χ1v) is 7.76. The predicted octanol–water partition coefficient (Wildman–Crippen LogP) is 2.76. The molecule has 3 rings (SSSR count). The van der Waals surface area contributed by atoms with E-state index in [1.54, 1.807) is 54.6 Å². The van der Waals surface area contributed by atoms with Gasteiger partial charge in [0.05, 0.1) is 11.1 Å². The van der Waals surface area contributed by atoms with E-state index in [9.17, 15) is 19.5 Å². The number of allylic oxidation sites excluding steroid dienone is 7. The molecule has 0 fully saturated rings. The molecule has 1 aromatic rings. The highest BCUT2D eigenvalue weighted by Gasteiger charge is 2.36. The van der Waals surface area contributed by atoms with Crippen molar-refractivity contribution in [2.45, 2.75) is 6.42 Å². The summed E-state index contributed by atoms with van der Waals surface area (Å²) in [6.45, 7) is 0. The summed E-state index contributed by atoms with van der Waals surface area (Å²) in [6, 6.07) is 8.20. The summed E-state index contributed by atoms with van der Waals surface area (Å²) in [7, 11) is 0. The van der Waals surface area contributed by atoms with E-state index < -0.39 is 34.7 Å². The number of carbonyl (C=O) groups is 3. The van der Waals surface area contributed by atoms with Gasteiger partial charge in [0.1, 0.15) is 11.5 Å². The number of benzene rings is 1. The number of carbonyl (C=O) groups excluding carboxylic acids is 3. The number of hydrogen-bond acceptors (Lipinski definition) is 5. The third-order valence-corrected chi connectivity index (χ3v) is 4.11. The Balaban J connectivity index is 2.00. The van der Waals surface area contributed by atoms with E-state index in [4.69, 9.17) is 5.41 Å². The Labute approximate surface area is 144 Å². The summed E-state index contributed by atoms with van der Waals surface area (Å²) in [6.07, 6.45) is 8.35. The zero-order chi connectivity index (χ0) is 18.0. The monoisotopic (exact) mass is 333 g/mol. The van der Waals surface area contributed by atoms with Crippen LogP contribution >= 0.6 is 0 Å². The molecule has 0 saturated carbocycles. The van der Waals surface area contributed by atoms with Gasteiger partial charge in [-0.25, -0.2) is 0 Å². The normalized spacial score (nSPS) is 22.0. The zero-order valence-electron chi connectivity index (χ0n) is 13.2. The lowest BCUT2D eigenvalue weighted by atomic mass is 9.82. The molecule has 2 N–H and O–H groups in total. The molecule has 5 nitrogen and oxygen atoms in total. The number of aliphatic hydroxyl groups is 1. The van der Waals surface area contributed by atoms with E-state index in [0.717, 1.165) is 6.08 Å². The second kappa shape index (κ2) is 6.65. The van der Waals surface area contributed by atoms with Crippen LogP contribution in [0.25, 0.3) is 5.76 Å². The lowest BCUT2D eigenvalue weighted by molar-refractivity contribution is -0.122. The smallest absolute Gasteiger partial charge is 0.215 e. The van der Waals surface area contributed by atoms with Gasteiger partial charge in [-0.2, -0.15) is 0 Å². The maximum atomic E-state index is 12.5. The van der Waals surface area contributed by atoms with Crippen molar-refractivity contribution in [3.05, 3.63) is 77.4 Å². The van der Waals surface area contributed by atoms with Gasteiger partial charge >= 0.3 is 0 Å². The van der Waals surface area contributed by atoms with Crippen LogP contribution in [0.5, 0.6) is 0 Å². The Morgan fingerprint density at radius 2 is 1.84 bits per heavy atom. The first-order chi connectivity index (χ1) is 12.0. The van der Waals surface area contributed by atoms with E-state index in [0.29, 0.717) is 12.0 Å². The highest BCUT2D eigenvalue weighted by atomic mass is 16.3. The molecule has 1 atom stereocenters. The first-order valence-electron chi connectivity index (χ1n) is 7.76. The summed E-state index contributed by atoms with van der Waals surface area (Å²) in [5, 5.41) is 18.3. The molecule has 2 aliphatic rings. The maximum Gasteiger partial charge on any atom is 0.215 e. The van der Waals surface area contributed by atoms with Gasteiger partial charge < -0.3 is 5.11 Å². The van der Waals surface area contributed by atoms with Crippen LogP contribution in [0, 0.1) is 11.3 Å². The van der Waals surface area contributed by atoms with E-state index in [1.165, 1.54) is 0 Å². The largest absolute Gasteiger partial charge is 0.506 e. The highest BCUT2D eigenvalue weighted by Crippen LogP contribution is 2.26. The van der Waals surface area contributed by atoms with Gasteiger partial charge in [-0.1, -0.05) is 54.6 Å².